The van der Waals surface area contributed by atoms with E-state index in [4.69, 9.17) is 14.4 Å². The second kappa shape index (κ2) is 7.00. The van der Waals surface area contributed by atoms with Gasteiger partial charge in [-0.05, 0) is 42.5 Å². The number of ether oxygens (including phenoxy) is 1. The van der Waals surface area contributed by atoms with Gasteiger partial charge in [0.2, 0.25) is 10.0 Å². The van der Waals surface area contributed by atoms with Gasteiger partial charge in [0.25, 0.3) is 6.01 Å². The molecule has 8 nitrogen and oxygen atoms in total. The second-order valence-electron chi connectivity index (χ2n) is 5.98. The van der Waals surface area contributed by atoms with Gasteiger partial charge in [-0.15, -0.1) is 0 Å². The lowest BCUT2D eigenvalue weighted by Crippen LogP contribution is -2.40. The largest absolute Gasteiger partial charge is 0.423 e. The molecule has 1 saturated heterocycles. The summed E-state index contributed by atoms with van der Waals surface area (Å²) in [6.07, 6.45) is 0. The predicted octanol–water partition coefficient (Wildman–Crippen LogP) is 2.46. The molecule has 0 radical (unpaired) electrons. The third kappa shape index (κ3) is 3.50. The average molecular weight is 384 g/mol. The Balaban J connectivity index is 1.60. The molecule has 4 rings (SSSR count). The van der Waals surface area contributed by atoms with E-state index in [0.717, 1.165) is 0 Å². The van der Waals surface area contributed by atoms with Crippen molar-refractivity contribution in [1.82, 2.24) is 9.29 Å². The number of sulfonamides is 1. The number of oxazole rings is 1. The maximum Gasteiger partial charge on any atom is 0.300 e. The number of rotatable bonds is 4. The zero-order valence-corrected chi connectivity index (χ0v) is 15.1. The molecule has 0 aliphatic carbocycles. The zero-order chi connectivity index (χ0) is 18.9. The molecule has 0 atom stereocenters. The first kappa shape index (κ1) is 17.5. The van der Waals surface area contributed by atoms with Gasteiger partial charge in [-0.1, -0.05) is 0 Å². The monoisotopic (exact) mass is 384 g/mol. The highest BCUT2D eigenvalue weighted by atomic mass is 32.2. The van der Waals surface area contributed by atoms with Crippen LogP contribution in [-0.2, 0) is 14.8 Å². The van der Waals surface area contributed by atoms with Crippen molar-refractivity contribution >= 4 is 32.8 Å². The predicted molar refractivity (Wildman–Crippen MR) is 98.0 cm³/mol. The van der Waals surface area contributed by atoms with Crippen LogP contribution in [0.2, 0.25) is 0 Å². The highest BCUT2D eigenvalue weighted by molar-refractivity contribution is 7.89. The Morgan fingerprint density at radius 2 is 1.85 bits per heavy atom. The average Bonchev–Trinajstić information content (AvgIpc) is 3.10. The smallest absolute Gasteiger partial charge is 0.300 e. The van der Waals surface area contributed by atoms with Crippen molar-refractivity contribution in [1.29, 1.82) is 5.26 Å². The molecule has 9 heteroatoms. The molecule has 0 saturated carbocycles. The summed E-state index contributed by atoms with van der Waals surface area (Å²) in [5.74, 6) is 0. The minimum atomic E-state index is -3.59. The van der Waals surface area contributed by atoms with Crippen molar-refractivity contribution in [3.63, 3.8) is 0 Å². The molecule has 1 N–H and O–H groups in total. The number of hydrogen-bond donors (Lipinski definition) is 1. The van der Waals surface area contributed by atoms with Gasteiger partial charge in [-0.2, -0.15) is 14.6 Å². The van der Waals surface area contributed by atoms with Crippen molar-refractivity contribution in [3.05, 3.63) is 48.0 Å². The molecule has 1 aromatic heterocycles. The van der Waals surface area contributed by atoms with Gasteiger partial charge in [0.15, 0.2) is 5.58 Å². The molecule has 138 valence electrons. The fraction of sp³-hybridized carbons (Fsp3) is 0.222. The van der Waals surface area contributed by atoms with Crippen LogP contribution in [0.5, 0.6) is 0 Å². The van der Waals surface area contributed by atoms with Gasteiger partial charge < -0.3 is 14.5 Å². The molecular formula is C18H16N4O4S. The summed E-state index contributed by atoms with van der Waals surface area (Å²) in [5.41, 5.74) is 2.19. The normalized spacial score (nSPS) is 15.5. The van der Waals surface area contributed by atoms with Gasteiger partial charge in [0, 0.05) is 18.8 Å². The van der Waals surface area contributed by atoms with E-state index >= 15 is 0 Å². The summed E-state index contributed by atoms with van der Waals surface area (Å²) in [4.78, 5) is 4.50. The number of nitrogens with zero attached hydrogens (tertiary/aromatic N) is 3. The van der Waals surface area contributed by atoms with Crippen LogP contribution in [0.25, 0.3) is 11.1 Å². The van der Waals surface area contributed by atoms with E-state index in [9.17, 15) is 8.42 Å². The third-order valence-electron chi connectivity index (χ3n) is 4.23. The number of hydrogen-bond acceptors (Lipinski definition) is 7. The minimum Gasteiger partial charge on any atom is -0.423 e. The van der Waals surface area contributed by atoms with Crippen molar-refractivity contribution < 1.29 is 17.6 Å². The summed E-state index contributed by atoms with van der Waals surface area (Å²) < 4.78 is 37.8. The first-order valence-electron chi connectivity index (χ1n) is 8.32. The Labute approximate surface area is 156 Å². The van der Waals surface area contributed by atoms with Crippen LogP contribution in [0.3, 0.4) is 0 Å². The van der Waals surface area contributed by atoms with Crippen LogP contribution in [0, 0.1) is 11.3 Å². The fourth-order valence-corrected chi connectivity index (χ4v) is 4.24. The quantitative estimate of drug-likeness (QED) is 0.736. The lowest BCUT2D eigenvalue weighted by atomic mass is 10.2. The summed E-state index contributed by atoms with van der Waals surface area (Å²) >= 11 is 0. The molecule has 27 heavy (non-hydrogen) atoms. The van der Waals surface area contributed by atoms with Gasteiger partial charge in [0.1, 0.15) is 5.52 Å². The molecule has 0 bridgehead atoms. The van der Waals surface area contributed by atoms with E-state index in [0.29, 0.717) is 48.7 Å². The van der Waals surface area contributed by atoms with Crippen molar-refractivity contribution in [2.75, 3.05) is 31.6 Å². The molecule has 0 unspecified atom stereocenters. The molecule has 0 spiro atoms. The standard InChI is InChI=1S/C18H16N4O4S/c19-12-13-1-3-14(4-2-13)20-18-21-16-11-15(5-6-17(16)26-18)27(23,24)22-7-9-25-10-8-22/h1-6,11H,7-10H2,(H,20,21). The first-order valence-corrected chi connectivity index (χ1v) is 9.76. The zero-order valence-electron chi connectivity index (χ0n) is 14.3. The fourth-order valence-electron chi connectivity index (χ4n) is 2.81. The topological polar surface area (TPSA) is 108 Å². The van der Waals surface area contributed by atoms with Gasteiger partial charge in [0.05, 0.1) is 29.7 Å². The van der Waals surface area contributed by atoms with Crippen molar-refractivity contribution in [2.24, 2.45) is 0 Å². The lowest BCUT2D eigenvalue weighted by molar-refractivity contribution is 0.0730. The van der Waals surface area contributed by atoms with Gasteiger partial charge in [-0.3, -0.25) is 0 Å². The first-order chi connectivity index (χ1) is 13.1. The second-order valence-corrected chi connectivity index (χ2v) is 7.92. The number of anilines is 2. The van der Waals surface area contributed by atoms with E-state index in [2.05, 4.69) is 16.4 Å². The Bertz CT molecular complexity index is 1110. The molecule has 0 amide bonds. The van der Waals surface area contributed by atoms with Crippen LogP contribution in [0.15, 0.2) is 51.8 Å². The minimum absolute atomic E-state index is 0.176. The maximum atomic E-state index is 12.8. The summed E-state index contributed by atoms with van der Waals surface area (Å²) in [7, 11) is -3.59. The van der Waals surface area contributed by atoms with Crippen LogP contribution in [0.1, 0.15) is 5.56 Å². The summed E-state index contributed by atoms with van der Waals surface area (Å²) in [5, 5.41) is 11.8. The molecular weight excluding hydrogens is 368 g/mol. The number of nitriles is 1. The van der Waals surface area contributed by atoms with Gasteiger partial charge in [-0.25, -0.2) is 8.42 Å². The van der Waals surface area contributed by atoms with E-state index in [1.807, 2.05) is 0 Å². The Morgan fingerprint density at radius 3 is 2.56 bits per heavy atom. The van der Waals surface area contributed by atoms with E-state index in [-0.39, 0.29) is 10.9 Å². The lowest BCUT2D eigenvalue weighted by Gasteiger charge is -2.25. The molecule has 1 fully saturated rings. The number of aromatic nitrogens is 1. The third-order valence-corrected chi connectivity index (χ3v) is 6.13. The van der Waals surface area contributed by atoms with E-state index in [1.54, 1.807) is 30.3 Å². The SMILES string of the molecule is N#Cc1ccc(Nc2nc3cc(S(=O)(=O)N4CCOCC4)ccc3o2)cc1. The number of fused-ring (bicyclic) bond motifs is 1. The van der Waals surface area contributed by atoms with E-state index in [1.165, 1.54) is 16.4 Å². The van der Waals surface area contributed by atoms with Crippen LogP contribution in [0.4, 0.5) is 11.7 Å². The van der Waals surface area contributed by atoms with Crippen molar-refractivity contribution in [2.45, 2.75) is 4.90 Å². The molecule has 2 aromatic carbocycles. The van der Waals surface area contributed by atoms with Crippen LogP contribution >= 0.6 is 0 Å². The Kier molecular flexibility index (Phi) is 4.53. The summed E-state index contributed by atoms with van der Waals surface area (Å²) in [6, 6.07) is 13.8. The van der Waals surface area contributed by atoms with E-state index < -0.39 is 10.0 Å². The van der Waals surface area contributed by atoms with Crippen LogP contribution < -0.4 is 5.32 Å². The van der Waals surface area contributed by atoms with Crippen molar-refractivity contribution in [3.8, 4) is 6.07 Å². The van der Waals surface area contributed by atoms with Crippen LogP contribution in [-0.4, -0.2) is 44.0 Å². The number of benzene rings is 2. The number of morpholine rings is 1. The summed E-state index contributed by atoms with van der Waals surface area (Å²) in [6.45, 7) is 1.46. The molecule has 1 aliphatic heterocycles. The Hall–Kier alpha value is -2.93. The Morgan fingerprint density at radius 1 is 1.11 bits per heavy atom. The van der Waals surface area contributed by atoms with Gasteiger partial charge >= 0.3 is 0 Å². The molecule has 2 heterocycles. The highest BCUT2D eigenvalue weighted by Gasteiger charge is 2.27. The molecule has 1 aliphatic rings. The number of nitrogens with one attached hydrogen (secondary N) is 1. The maximum absolute atomic E-state index is 12.8. The molecule has 3 aromatic rings. The highest BCUT2D eigenvalue weighted by Crippen LogP contribution is 2.26.